The summed E-state index contributed by atoms with van der Waals surface area (Å²) in [6.07, 6.45) is 0. The van der Waals surface area contributed by atoms with E-state index in [2.05, 4.69) is 55.5 Å². The lowest BCUT2D eigenvalue weighted by molar-refractivity contribution is 0.303. The van der Waals surface area contributed by atoms with Crippen molar-refractivity contribution in [2.75, 3.05) is 0 Å². The molecule has 0 fully saturated rings. The predicted molar refractivity (Wildman–Crippen MR) is 95.3 cm³/mol. The molecule has 0 aromatic heterocycles. The van der Waals surface area contributed by atoms with Crippen LogP contribution in [0.4, 0.5) is 0 Å². The van der Waals surface area contributed by atoms with Gasteiger partial charge >= 0.3 is 0 Å². The molecule has 0 spiro atoms. The highest BCUT2D eigenvalue weighted by atomic mass is 16.5. The van der Waals surface area contributed by atoms with Crippen LogP contribution in [-0.2, 0) is 13.2 Å². The molecule has 3 aromatic carbocycles. The number of aryl methyl sites for hydroxylation is 1. The molecule has 0 bridgehead atoms. The van der Waals surface area contributed by atoms with E-state index in [9.17, 15) is 0 Å². The first kappa shape index (κ1) is 15.3. The first-order chi connectivity index (χ1) is 11.3. The van der Waals surface area contributed by atoms with Crippen LogP contribution < -0.4 is 10.5 Å². The maximum absolute atomic E-state index is 5.94. The molecule has 0 aliphatic heterocycles. The van der Waals surface area contributed by atoms with Crippen LogP contribution in [0.2, 0.25) is 0 Å². The highest BCUT2D eigenvalue weighted by Crippen LogP contribution is 2.27. The zero-order valence-electron chi connectivity index (χ0n) is 13.3. The second kappa shape index (κ2) is 7.12. The largest absolute Gasteiger partial charge is 0.489 e. The Morgan fingerprint density at radius 1 is 0.826 bits per heavy atom. The SMILES string of the molecule is Cc1ccc(-c2ccc(OCc3ccccc3)c(CN)c2)cc1. The van der Waals surface area contributed by atoms with Crippen LogP contribution in [0.3, 0.4) is 0 Å². The number of hydrogen-bond donors (Lipinski definition) is 1. The number of nitrogens with two attached hydrogens (primary N) is 1. The van der Waals surface area contributed by atoms with Gasteiger partial charge in [0, 0.05) is 12.1 Å². The summed E-state index contributed by atoms with van der Waals surface area (Å²) >= 11 is 0. The van der Waals surface area contributed by atoms with Crippen LogP contribution in [0, 0.1) is 6.92 Å². The molecule has 0 aliphatic carbocycles. The quantitative estimate of drug-likeness (QED) is 0.741. The summed E-state index contributed by atoms with van der Waals surface area (Å²) in [6.45, 7) is 3.11. The maximum atomic E-state index is 5.94. The molecule has 116 valence electrons. The fourth-order valence-electron chi connectivity index (χ4n) is 2.54. The van der Waals surface area contributed by atoms with E-state index in [1.54, 1.807) is 0 Å². The zero-order valence-corrected chi connectivity index (χ0v) is 13.3. The average molecular weight is 303 g/mol. The van der Waals surface area contributed by atoms with Gasteiger partial charge in [0.2, 0.25) is 0 Å². The summed E-state index contributed by atoms with van der Waals surface area (Å²) in [4.78, 5) is 0. The average Bonchev–Trinajstić information content (AvgIpc) is 2.61. The molecule has 0 radical (unpaired) electrons. The summed E-state index contributed by atoms with van der Waals surface area (Å²) in [5.74, 6) is 0.854. The van der Waals surface area contributed by atoms with Gasteiger partial charge in [0.1, 0.15) is 12.4 Å². The van der Waals surface area contributed by atoms with Gasteiger partial charge in [-0.3, -0.25) is 0 Å². The predicted octanol–water partition coefficient (Wildman–Crippen LogP) is 4.70. The van der Waals surface area contributed by atoms with E-state index in [1.807, 2.05) is 24.3 Å². The van der Waals surface area contributed by atoms with E-state index in [4.69, 9.17) is 10.5 Å². The third-order valence-electron chi connectivity index (χ3n) is 3.90. The molecule has 0 unspecified atom stereocenters. The first-order valence-electron chi connectivity index (χ1n) is 7.83. The third-order valence-corrected chi connectivity index (χ3v) is 3.90. The monoisotopic (exact) mass is 303 g/mol. The molecular weight excluding hydrogens is 282 g/mol. The Morgan fingerprint density at radius 2 is 1.52 bits per heavy atom. The van der Waals surface area contributed by atoms with Gasteiger partial charge in [-0.15, -0.1) is 0 Å². The fourth-order valence-corrected chi connectivity index (χ4v) is 2.54. The van der Waals surface area contributed by atoms with Crippen molar-refractivity contribution in [3.8, 4) is 16.9 Å². The van der Waals surface area contributed by atoms with Crippen molar-refractivity contribution in [1.82, 2.24) is 0 Å². The lowest BCUT2D eigenvalue weighted by Gasteiger charge is -2.12. The van der Waals surface area contributed by atoms with Crippen molar-refractivity contribution >= 4 is 0 Å². The van der Waals surface area contributed by atoms with Crippen LogP contribution in [0.15, 0.2) is 72.8 Å². The van der Waals surface area contributed by atoms with Crippen molar-refractivity contribution < 1.29 is 4.74 Å². The van der Waals surface area contributed by atoms with Crippen molar-refractivity contribution in [2.24, 2.45) is 5.73 Å². The second-order valence-corrected chi connectivity index (χ2v) is 5.67. The normalized spacial score (nSPS) is 10.5. The van der Waals surface area contributed by atoms with Gasteiger partial charge in [0.25, 0.3) is 0 Å². The lowest BCUT2D eigenvalue weighted by atomic mass is 10.0. The molecule has 0 saturated heterocycles. The molecule has 0 amide bonds. The van der Waals surface area contributed by atoms with Crippen LogP contribution in [0.1, 0.15) is 16.7 Å². The fraction of sp³-hybridized carbons (Fsp3) is 0.143. The molecule has 3 aromatic rings. The zero-order chi connectivity index (χ0) is 16.1. The van der Waals surface area contributed by atoms with Crippen molar-refractivity contribution in [3.63, 3.8) is 0 Å². The molecule has 3 rings (SSSR count). The molecule has 2 heteroatoms. The van der Waals surface area contributed by atoms with E-state index < -0.39 is 0 Å². The molecule has 0 aliphatic rings. The molecule has 0 heterocycles. The minimum absolute atomic E-state index is 0.462. The van der Waals surface area contributed by atoms with E-state index in [-0.39, 0.29) is 0 Å². The van der Waals surface area contributed by atoms with Crippen LogP contribution in [0.25, 0.3) is 11.1 Å². The minimum Gasteiger partial charge on any atom is -0.489 e. The summed E-state index contributed by atoms with van der Waals surface area (Å²) in [6, 6.07) is 24.9. The highest BCUT2D eigenvalue weighted by molar-refractivity contribution is 5.66. The summed E-state index contributed by atoms with van der Waals surface area (Å²) < 4.78 is 5.94. The van der Waals surface area contributed by atoms with Crippen molar-refractivity contribution in [3.05, 3.63) is 89.5 Å². The van der Waals surface area contributed by atoms with E-state index in [1.165, 1.54) is 11.1 Å². The van der Waals surface area contributed by atoms with Gasteiger partial charge in [-0.05, 0) is 35.7 Å². The topological polar surface area (TPSA) is 35.2 Å². The van der Waals surface area contributed by atoms with E-state index in [0.29, 0.717) is 13.2 Å². The van der Waals surface area contributed by atoms with Crippen LogP contribution >= 0.6 is 0 Å². The molecule has 2 N–H and O–H groups in total. The third kappa shape index (κ3) is 3.79. The summed E-state index contributed by atoms with van der Waals surface area (Å²) in [5, 5.41) is 0. The van der Waals surface area contributed by atoms with Gasteiger partial charge in [0.15, 0.2) is 0 Å². The standard InChI is InChI=1S/C21H21NO/c1-16-7-9-18(10-8-16)19-11-12-21(20(13-19)14-22)23-15-17-5-3-2-4-6-17/h2-13H,14-15,22H2,1H3. The molecule has 2 nitrogen and oxygen atoms in total. The van der Waals surface area contributed by atoms with E-state index in [0.717, 1.165) is 22.4 Å². The van der Waals surface area contributed by atoms with Crippen LogP contribution in [0.5, 0.6) is 5.75 Å². The Morgan fingerprint density at radius 3 is 2.22 bits per heavy atom. The van der Waals surface area contributed by atoms with E-state index >= 15 is 0 Å². The number of hydrogen-bond acceptors (Lipinski definition) is 2. The van der Waals surface area contributed by atoms with Crippen molar-refractivity contribution in [1.29, 1.82) is 0 Å². The van der Waals surface area contributed by atoms with Gasteiger partial charge in [-0.25, -0.2) is 0 Å². The van der Waals surface area contributed by atoms with Gasteiger partial charge in [-0.2, -0.15) is 0 Å². The minimum atomic E-state index is 0.462. The molecular formula is C21H21NO. The Bertz CT molecular complexity index is 764. The number of ether oxygens (including phenoxy) is 1. The highest BCUT2D eigenvalue weighted by Gasteiger charge is 2.06. The first-order valence-corrected chi connectivity index (χ1v) is 7.83. The Balaban J connectivity index is 1.80. The molecule has 0 saturated carbocycles. The van der Waals surface area contributed by atoms with Gasteiger partial charge in [-0.1, -0.05) is 66.2 Å². The Hall–Kier alpha value is -2.58. The van der Waals surface area contributed by atoms with Crippen LogP contribution in [-0.4, -0.2) is 0 Å². The maximum Gasteiger partial charge on any atom is 0.124 e. The summed E-state index contributed by atoms with van der Waals surface area (Å²) in [7, 11) is 0. The Kier molecular flexibility index (Phi) is 4.74. The van der Waals surface area contributed by atoms with Gasteiger partial charge < -0.3 is 10.5 Å². The van der Waals surface area contributed by atoms with Gasteiger partial charge in [0.05, 0.1) is 0 Å². The lowest BCUT2D eigenvalue weighted by Crippen LogP contribution is -2.03. The number of rotatable bonds is 5. The second-order valence-electron chi connectivity index (χ2n) is 5.67. The Labute approximate surface area is 137 Å². The molecule has 0 atom stereocenters. The summed E-state index contributed by atoms with van der Waals surface area (Å²) in [5.41, 5.74) is 11.7. The smallest absolute Gasteiger partial charge is 0.124 e. The molecule has 23 heavy (non-hydrogen) atoms. The van der Waals surface area contributed by atoms with Crippen molar-refractivity contribution in [2.45, 2.75) is 20.1 Å². The number of benzene rings is 3.